The molecule has 0 unspecified atom stereocenters. The summed E-state index contributed by atoms with van der Waals surface area (Å²) in [4.78, 5) is 12.0. The molecule has 0 amide bonds. The molecule has 0 saturated heterocycles. The predicted molar refractivity (Wildman–Crippen MR) is 76.3 cm³/mol. The van der Waals surface area contributed by atoms with Crippen LogP contribution in [-0.4, -0.2) is 4.73 Å². The van der Waals surface area contributed by atoms with Gasteiger partial charge < -0.3 is 9.94 Å². The molecule has 1 aliphatic carbocycles. The van der Waals surface area contributed by atoms with E-state index in [9.17, 15) is 10.1 Å². The van der Waals surface area contributed by atoms with Gasteiger partial charge in [-0.2, -0.15) is 0 Å². The van der Waals surface area contributed by atoms with Crippen LogP contribution in [0.1, 0.15) is 24.2 Å². The molecule has 2 aromatic rings. The molecule has 1 aromatic carbocycles. The monoisotopic (exact) mass is 320 g/mol. The Morgan fingerprint density at radius 3 is 2.58 bits per heavy atom. The van der Waals surface area contributed by atoms with Crippen LogP contribution in [-0.2, 0) is 12.8 Å². The summed E-state index contributed by atoms with van der Waals surface area (Å²) in [7, 11) is 0. The van der Waals surface area contributed by atoms with Crippen molar-refractivity contribution < 1.29 is 4.43 Å². The van der Waals surface area contributed by atoms with E-state index in [1.165, 1.54) is 6.20 Å². The van der Waals surface area contributed by atoms with E-state index in [1.54, 1.807) is 0 Å². The molecule has 0 radical (unpaired) electrons. The lowest BCUT2D eigenvalue weighted by atomic mass is 10.00. The summed E-state index contributed by atoms with van der Waals surface area (Å²) in [5.41, 5.74) is 2.43. The highest BCUT2D eigenvalue weighted by Gasteiger charge is 2.23. The Kier molecular flexibility index (Phi) is 3.14. The largest absolute Gasteiger partial charge is 0.805 e. The summed E-state index contributed by atoms with van der Waals surface area (Å²) in [6.45, 7) is 0. The van der Waals surface area contributed by atoms with Crippen molar-refractivity contribution >= 4 is 15.9 Å². The van der Waals surface area contributed by atoms with Crippen LogP contribution in [0.2, 0.25) is 0 Å². The van der Waals surface area contributed by atoms with Gasteiger partial charge >= 0.3 is 0 Å². The number of halogens is 1. The third-order valence-electron chi connectivity index (χ3n) is 3.52. The van der Waals surface area contributed by atoms with E-state index in [0.717, 1.165) is 32.0 Å². The van der Waals surface area contributed by atoms with E-state index in [0.29, 0.717) is 29.9 Å². The molecule has 98 valence electrons. The van der Waals surface area contributed by atoms with Crippen LogP contribution in [0.5, 0.6) is 0 Å². The number of hydrogen-bond acceptors (Lipinski definition) is 2. The zero-order chi connectivity index (χ0) is 13.4. The van der Waals surface area contributed by atoms with E-state index < -0.39 is 0 Å². The van der Waals surface area contributed by atoms with Crippen molar-refractivity contribution in [1.29, 1.82) is 0 Å². The molecule has 1 aliphatic rings. The maximum atomic E-state index is 12.4. The minimum Gasteiger partial charge on any atom is -0.805 e. The summed E-state index contributed by atoms with van der Waals surface area (Å²) < 4.78 is 2.73. The molecule has 0 atom stereocenters. The smallest absolute Gasteiger partial charge is 0.258 e. The van der Waals surface area contributed by atoms with Gasteiger partial charge in [0.05, 0.1) is 10.1 Å². The van der Waals surface area contributed by atoms with Gasteiger partial charge in [0.2, 0.25) is 0 Å². The van der Waals surface area contributed by atoms with E-state index in [1.807, 2.05) is 24.3 Å². The van der Waals surface area contributed by atoms with Crippen molar-refractivity contribution in [3.63, 3.8) is 0 Å². The Labute approximate surface area is 119 Å². The van der Waals surface area contributed by atoms with Crippen LogP contribution in [0, 0.1) is 10.1 Å². The first kappa shape index (κ1) is 12.4. The molecular formula is C14H13BrN2O2. The van der Waals surface area contributed by atoms with Crippen LogP contribution in [0.15, 0.2) is 34.9 Å². The third kappa shape index (κ3) is 2.18. The first-order valence-corrected chi connectivity index (χ1v) is 7.09. The number of hydrogen-bond donors (Lipinski definition) is 0. The SMILES string of the molecule is O=[n+]1cc(-c2ccc(Br)cc2)n([O-])c2c1CCCC2. The Morgan fingerprint density at radius 2 is 1.84 bits per heavy atom. The molecule has 1 heterocycles. The quantitative estimate of drug-likeness (QED) is 0.758. The molecule has 4 nitrogen and oxygen atoms in total. The minimum absolute atomic E-state index is 0.420. The highest BCUT2D eigenvalue weighted by atomic mass is 79.9. The van der Waals surface area contributed by atoms with Crippen molar-refractivity contribution in [1.82, 2.24) is 4.73 Å². The molecule has 0 aliphatic heterocycles. The van der Waals surface area contributed by atoms with E-state index in [4.69, 9.17) is 0 Å². The topological polar surface area (TPSA) is 51.0 Å². The molecule has 1 aromatic heterocycles. The average molecular weight is 321 g/mol. The first-order valence-electron chi connectivity index (χ1n) is 6.30. The van der Waals surface area contributed by atoms with Crippen molar-refractivity contribution in [3.05, 3.63) is 56.4 Å². The lowest BCUT2D eigenvalue weighted by Gasteiger charge is -2.23. The van der Waals surface area contributed by atoms with E-state index in [-0.39, 0.29) is 0 Å². The zero-order valence-corrected chi connectivity index (χ0v) is 11.9. The van der Waals surface area contributed by atoms with E-state index >= 15 is 0 Å². The Hall–Kier alpha value is -1.62. The molecule has 5 heteroatoms. The van der Waals surface area contributed by atoms with Crippen LogP contribution in [0.25, 0.3) is 11.3 Å². The maximum Gasteiger partial charge on any atom is 0.258 e. The Balaban J connectivity index is 2.20. The Bertz CT molecular complexity index is 677. The van der Waals surface area contributed by atoms with Crippen molar-refractivity contribution in [2.24, 2.45) is 0 Å². The van der Waals surface area contributed by atoms with Gasteiger partial charge in [0, 0.05) is 21.4 Å². The summed E-state index contributed by atoms with van der Waals surface area (Å²) in [5.74, 6) is 0. The van der Waals surface area contributed by atoms with E-state index in [2.05, 4.69) is 15.9 Å². The normalized spacial score (nSPS) is 14.2. The fraction of sp³-hybridized carbons (Fsp3) is 0.286. The fourth-order valence-electron chi connectivity index (χ4n) is 2.53. The molecule has 0 bridgehead atoms. The van der Waals surface area contributed by atoms with Crippen molar-refractivity contribution in [2.75, 3.05) is 0 Å². The highest BCUT2D eigenvalue weighted by molar-refractivity contribution is 9.10. The second kappa shape index (κ2) is 4.81. The lowest BCUT2D eigenvalue weighted by Crippen LogP contribution is -2.29. The van der Waals surface area contributed by atoms with Crippen LogP contribution in [0.3, 0.4) is 0 Å². The average Bonchev–Trinajstić information content (AvgIpc) is 2.44. The standard InChI is InChI=1S/C14H13BrN2O2/c15-11-7-5-10(6-8-11)14-9-16(18)12-3-1-2-4-13(12)17(14)19/h5-9H,1-4H2. The third-order valence-corrected chi connectivity index (χ3v) is 4.05. The highest BCUT2D eigenvalue weighted by Crippen LogP contribution is 2.25. The van der Waals surface area contributed by atoms with Gasteiger partial charge in [0.25, 0.3) is 11.9 Å². The molecule has 0 N–H and O–H groups in total. The van der Waals surface area contributed by atoms with Crippen LogP contribution < -0.4 is 4.43 Å². The first-order chi connectivity index (χ1) is 9.16. The second-order valence-electron chi connectivity index (χ2n) is 4.74. The molecule has 3 rings (SSSR count). The van der Waals surface area contributed by atoms with Gasteiger partial charge in [0.15, 0.2) is 0 Å². The molecule has 0 saturated carbocycles. The van der Waals surface area contributed by atoms with Crippen LogP contribution >= 0.6 is 15.9 Å². The van der Waals surface area contributed by atoms with Gasteiger partial charge in [-0.05, 0) is 31.4 Å². The van der Waals surface area contributed by atoms with Crippen LogP contribution in [0.4, 0.5) is 0 Å². The number of rotatable bonds is 1. The lowest BCUT2D eigenvalue weighted by molar-refractivity contribution is -0.506. The van der Waals surface area contributed by atoms with Gasteiger partial charge in [-0.3, -0.25) is 0 Å². The minimum atomic E-state index is 0.420. The number of aromatic nitrogens is 2. The number of nitrogens with zero attached hydrogens (tertiary/aromatic N) is 2. The molecule has 19 heavy (non-hydrogen) atoms. The van der Waals surface area contributed by atoms with Crippen molar-refractivity contribution in [3.8, 4) is 11.3 Å². The molecule has 0 fully saturated rings. The van der Waals surface area contributed by atoms with Gasteiger partial charge in [-0.1, -0.05) is 28.1 Å². The molecule has 0 spiro atoms. The second-order valence-corrected chi connectivity index (χ2v) is 5.66. The summed E-state index contributed by atoms with van der Waals surface area (Å²) >= 11 is 3.36. The van der Waals surface area contributed by atoms with Gasteiger partial charge in [-0.25, -0.2) is 0 Å². The molecular weight excluding hydrogens is 308 g/mol. The van der Waals surface area contributed by atoms with Crippen molar-refractivity contribution in [2.45, 2.75) is 25.7 Å². The summed E-state index contributed by atoms with van der Waals surface area (Å²) in [6, 6.07) is 7.40. The summed E-state index contributed by atoms with van der Waals surface area (Å²) in [6.07, 6.45) is 4.72. The van der Waals surface area contributed by atoms with Gasteiger partial charge in [-0.15, -0.1) is 0 Å². The zero-order valence-electron chi connectivity index (χ0n) is 10.3. The van der Waals surface area contributed by atoms with Gasteiger partial charge in [0.1, 0.15) is 5.69 Å². The predicted octanol–water partition coefficient (Wildman–Crippen LogP) is 3.06. The summed E-state index contributed by atoms with van der Waals surface area (Å²) in [5, 5.41) is 12.4. The Morgan fingerprint density at radius 1 is 1.16 bits per heavy atom. The fourth-order valence-corrected chi connectivity index (χ4v) is 2.79. The number of benzene rings is 1. The maximum absolute atomic E-state index is 12.4. The number of fused-ring (bicyclic) bond motifs is 1.